The smallest absolute Gasteiger partial charge is 0.227 e. The Hall–Kier alpha value is -2.67. The molecule has 3 rings (SSSR count). The van der Waals surface area contributed by atoms with Crippen LogP contribution in [0.1, 0.15) is 64.3 Å². The van der Waals surface area contributed by atoms with Crippen LogP contribution in [0.15, 0.2) is 36.7 Å². The minimum absolute atomic E-state index is 0.130. The van der Waals surface area contributed by atoms with Crippen molar-refractivity contribution in [1.82, 2.24) is 19.4 Å². The van der Waals surface area contributed by atoms with Gasteiger partial charge in [0.25, 0.3) is 0 Å². The van der Waals surface area contributed by atoms with Crippen LogP contribution in [0.2, 0.25) is 0 Å². The highest BCUT2D eigenvalue weighted by molar-refractivity contribution is 5.94. The van der Waals surface area contributed by atoms with E-state index in [1.54, 1.807) is 6.20 Å². The highest BCUT2D eigenvalue weighted by atomic mass is 16.2. The lowest BCUT2D eigenvalue weighted by Crippen LogP contribution is -2.37. The van der Waals surface area contributed by atoms with Gasteiger partial charge in [-0.2, -0.15) is 0 Å². The second kappa shape index (κ2) is 12.2. The molecule has 0 spiro atoms. The Balaban J connectivity index is 1.83. The normalized spacial score (nSPS) is 16.0. The van der Waals surface area contributed by atoms with E-state index in [1.165, 1.54) is 0 Å². The molecule has 1 aliphatic rings. The lowest BCUT2D eigenvalue weighted by atomic mass is 10.1. The molecule has 1 aromatic carbocycles. The van der Waals surface area contributed by atoms with Crippen molar-refractivity contribution < 1.29 is 9.59 Å². The van der Waals surface area contributed by atoms with Gasteiger partial charge in [0.05, 0.1) is 0 Å². The van der Waals surface area contributed by atoms with E-state index in [0.29, 0.717) is 50.9 Å². The summed E-state index contributed by atoms with van der Waals surface area (Å²) < 4.78 is 2.08. The Kier molecular flexibility index (Phi) is 9.28. The number of fused-ring (bicyclic) bond motifs is 1. The van der Waals surface area contributed by atoms with E-state index in [0.717, 1.165) is 36.6 Å². The summed E-state index contributed by atoms with van der Waals surface area (Å²) in [6.07, 6.45) is 5.62. The number of carbonyl (C=O) groups is 2. The highest BCUT2D eigenvalue weighted by Crippen LogP contribution is 2.25. The van der Waals surface area contributed by atoms with Gasteiger partial charge < -0.3 is 19.3 Å². The lowest BCUT2D eigenvalue weighted by molar-refractivity contribution is -0.132. The third-order valence-electron chi connectivity index (χ3n) is 6.38. The van der Waals surface area contributed by atoms with Crippen LogP contribution in [-0.4, -0.2) is 64.4 Å². The SMILES string of the molecule is CC(C)CC(=O)N1CCCN(C)CCN(C(=O)CCn2ccnc2C(C)C)Cc2ccccc21. The van der Waals surface area contributed by atoms with Gasteiger partial charge in [0.2, 0.25) is 11.8 Å². The number of imidazole rings is 1. The maximum absolute atomic E-state index is 13.4. The molecule has 0 saturated heterocycles. The molecule has 34 heavy (non-hydrogen) atoms. The maximum atomic E-state index is 13.4. The lowest BCUT2D eigenvalue weighted by Gasteiger charge is -2.28. The van der Waals surface area contributed by atoms with E-state index in [4.69, 9.17) is 0 Å². The molecule has 2 heterocycles. The van der Waals surface area contributed by atoms with Crippen LogP contribution >= 0.6 is 0 Å². The first kappa shape index (κ1) is 25.9. The summed E-state index contributed by atoms with van der Waals surface area (Å²) in [6, 6.07) is 8.06. The molecular formula is C27H41N5O2. The van der Waals surface area contributed by atoms with Gasteiger partial charge in [0.1, 0.15) is 5.82 Å². The van der Waals surface area contributed by atoms with Crippen molar-refractivity contribution >= 4 is 17.5 Å². The number of para-hydroxylation sites is 1. The minimum atomic E-state index is 0.130. The Labute approximate surface area is 204 Å². The number of amides is 2. The molecule has 1 aliphatic heterocycles. The third kappa shape index (κ3) is 6.92. The van der Waals surface area contributed by atoms with Gasteiger partial charge in [0, 0.05) is 69.6 Å². The molecule has 2 amide bonds. The van der Waals surface area contributed by atoms with Crippen LogP contribution in [0.25, 0.3) is 0 Å². The number of nitrogens with zero attached hydrogens (tertiary/aromatic N) is 5. The molecule has 0 saturated carbocycles. The zero-order valence-corrected chi connectivity index (χ0v) is 21.5. The first-order chi connectivity index (χ1) is 16.3. The third-order valence-corrected chi connectivity index (χ3v) is 6.38. The van der Waals surface area contributed by atoms with Gasteiger partial charge in [-0.05, 0) is 37.6 Å². The Morgan fingerprint density at radius 1 is 1.00 bits per heavy atom. The summed E-state index contributed by atoms with van der Waals surface area (Å²) in [5, 5.41) is 0. The first-order valence-electron chi connectivity index (χ1n) is 12.6. The Bertz CT molecular complexity index is 952. The van der Waals surface area contributed by atoms with Crippen molar-refractivity contribution in [2.45, 2.75) is 66.0 Å². The fraction of sp³-hybridized carbons (Fsp3) is 0.593. The van der Waals surface area contributed by atoms with E-state index in [1.807, 2.05) is 34.2 Å². The maximum Gasteiger partial charge on any atom is 0.227 e. The Morgan fingerprint density at radius 3 is 2.50 bits per heavy atom. The molecule has 0 unspecified atom stereocenters. The second-order valence-electron chi connectivity index (χ2n) is 10.1. The molecule has 0 fully saturated rings. The average Bonchev–Trinajstić information content (AvgIpc) is 3.25. The molecule has 0 aliphatic carbocycles. The zero-order chi connectivity index (χ0) is 24.7. The molecule has 2 aromatic rings. The number of benzene rings is 1. The summed E-state index contributed by atoms with van der Waals surface area (Å²) in [5.41, 5.74) is 1.97. The van der Waals surface area contributed by atoms with Crippen molar-refractivity contribution in [3.8, 4) is 0 Å². The topological polar surface area (TPSA) is 61.7 Å². The number of hydrogen-bond donors (Lipinski definition) is 0. The zero-order valence-electron chi connectivity index (χ0n) is 21.5. The van der Waals surface area contributed by atoms with Crippen LogP contribution < -0.4 is 4.90 Å². The van der Waals surface area contributed by atoms with Crippen LogP contribution in [0.4, 0.5) is 5.69 Å². The fourth-order valence-electron chi connectivity index (χ4n) is 4.53. The van der Waals surface area contributed by atoms with Gasteiger partial charge in [0.15, 0.2) is 0 Å². The number of anilines is 1. The van der Waals surface area contributed by atoms with Crippen LogP contribution in [0, 0.1) is 5.92 Å². The summed E-state index contributed by atoms with van der Waals surface area (Å²) in [4.78, 5) is 37.2. The van der Waals surface area contributed by atoms with Gasteiger partial charge in [-0.25, -0.2) is 4.98 Å². The summed E-state index contributed by atoms with van der Waals surface area (Å²) in [5.74, 6) is 1.92. The monoisotopic (exact) mass is 467 g/mol. The molecule has 1 aromatic heterocycles. The van der Waals surface area contributed by atoms with Crippen molar-refractivity contribution in [1.29, 1.82) is 0 Å². The van der Waals surface area contributed by atoms with Crippen LogP contribution in [0.3, 0.4) is 0 Å². The highest BCUT2D eigenvalue weighted by Gasteiger charge is 2.23. The number of rotatable bonds is 6. The second-order valence-corrected chi connectivity index (χ2v) is 10.1. The van der Waals surface area contributed by atoms with E-state index in [-0.39, 0.29) is 11.8 Å². The predicted molar refractivity (Wildman–Crippen MR) is 137 cm³/mol. The van der Waals surface area contributed by atoms with Crippen LogP contribution in [-0.2, 0) is 22.7 Å². The van der Waals surface area contributed by atoms with Gasteiger partial charge in [-0.3, -0.25) is 9.59 Å². The summed E-state index contributed by atoms with van der Waals surface area (Å²) in [7, 11) is 2.09. The molecule has 0 N–H and O–H groups in total. The average molecular weight is 468 g/mol. The van der Waals surface area contributed by atoms with E-state index >= 15 is 0 Å². The van der Waals surface area contributed by atoms with Gasteiger partial charge in [-0.15, -0.1) is 0 Å². The molecule has 0 radical (unpaired) electrons. The van der Waals surface area contributed by atoms with Gasteiger partial charge >= 0.3 is 0 Å². The molecular weight excluding hydrogens is 426 g/mol. The number of aromatic nitrogens is 2. The summed E-state index contributed by atoms with van der Waals surface area (Å²) in [6.45, 7) is 12.6. The largest absolute Gasteiger partial charge is 0.337 e. The van der Waals surface area contributed by atoms with E-state index in [9.17, 15) is 9.59 Å². The van der Waals surface area contributed by atoms with Crippen molar-refractivity contribution in [2.24, 2.45) is 5.92 Å². The summed E-state index contributed by atoms with van der Waals surface area (Å²) >= 11 is 0. The van der Waals surface area contributed by atoms with Crippen molar-refractivity contribution in [3.05, 3.63) is 48.0 Å². The predicted octanol–water partition coefficient (Wildman–Crippen LogP) is 4.14. The molecule has 0 atom stereocenters. The van der Waals surface area contributed by atoms with Crippen molar-refractivity contribution in [2.75, 3.05) is 38.1 Å². The van der Waals surface area contributed by atoms with Crippen molar-refractivity contribution in [3.63, 3.8) is 0 Å². The van der Waals surface area contributed by atoms with Crippen LogP contribution in [0.5, 0.6) is 0 Å². The molecule has 0 bridgehead atoms. The molecule has 186 valence electrons. The molecule has 7 heteroatoms. The number of likely N-dealkylation sites (N-methyl/N-ethyl adjacent to an activating group) is 1. The first-order valence-corrected chi connectivity index (χ1v) is 12.6. The number of carbonyl (C=O) groups excluding carboxylic acids is 2. The Morgan fingerprint density at radius 2 is 1.76 bits per heavy atom. The minimum Gasteiger partial charge on any atom is -0.337 e. The fourth-order valence-corrected chi connectivity index (χ4v) is 4.53. The van der Waals surface area contributed by atoms with Gasteiger partial charge in [-0.1, -0.05) is 45.9 Å². The quantitative estimate of drug-likeness (QED) is 0.641. The molecule has 7 nitrogen and oxygen atoms in total. The van der Waals surface area contributed by atoms with E-state index in [2.05, 4.69) is 55.3 Å². The standard InChI is InChI=1S/C27H41N5O2/c1-21(2)19-26(34)32-14-8-13-29(5)17-18-31(20-23-9-6-7-10-24(23)32)25(33)11-15-30-16-12-28-27(30)22(3)4/h6-7,9-10,12,16,21-22H,8,11,13-15,17-20H2,1-5H3. The van der Waals surface area contributed by atoms with E-state index < -0.39 is 0 Å². The number of aryl methyl sites for hydroxylation is 1. The number of hydrogen-bond acceptors (Lipinski definition) is 4.